The van der Waals surface area contributed by atoms with Gasteiger partial charge in [-0.2, -0.15) is 0 Å². The molecule has 0 rings (SSSR count). The van der Waals surface area contributed by atoms with E-state index in [2.05, 4.69) is 26.6 Å². The van der Waals surface area contributed by atoms with Crippen LogP contribution < -0.4 is 43.8 Å². The topological polar surface area (TPSA) is 298 Å². The standard InChI is InChI=1S/C27H50N8O9/c1-3-16(2)23(27(44)34-19(10-11-21(37)38)25(42)32-15-22(39)40)35-26(43)18(9-5-7-13-29)33-20(36)14-31-24(41)17(30)8-4-6-12-28/h16-19,23H,3-15,28-30H2,1-2H3,(H,31,41)(H,32,42)(H,33,36)(H,34,44)(H,35,43)(H,37,38)(H,39,40)/t16-,17-,18-,19-,23-/m0/s1. The van der Waals surface area contributed by atoms with Crippen molar-refractivity contribution in [2.75, 3.05) is 26.2 Å². The molecule has 0 aromatic rings. The number of amides is 5. The van der Waals surface area contributed by atoms with Crippen LogP contribution in [0.1, 0.15) is 71.6 Å². The molecule has 0 heterocycles. The van der Waals surface area contributed by atoms with Gasteiger partial charge in [0.1, 0.15) is 24.7 Å². The molecular weight excluding hydrogens is 580 g/mol. The molecular formula is C27H50N8O9. The van der Waals surface area contributed by atoms with Crippen molar-refractivity contribution < 1.29 is 43.8 Å². The van der Waals surface area contributed by atoms with E-state index in [1.807, 2.05) is 0 Å². The third-order valence-electron chi connectivity index (χ3n) is 6.81. The van der Waals surface area contributed by atoms with Crippen LogP contribution in [0.4, 0.5) is 0 Å². The summed E-state index contributed by atoms with van der Waals surface area (Å²) >= 11 is 0. The maximum atomic E-state index is 13.3. The molecule has 0 spiro atoms. The van der Waals surface area contributed by atoms with Crippen molar-refractivity contribution in [3.8, 4) is 0 Å². The second-order valence-electron chi connectivity index (χ2n) is 10.5. The lowest BCUT2D eigenvalue weighted by Crippen LogP contribution is -2.59. The first-order valence-corrected chi connectivity index (χ1v) is 14.8. The normalized spacial score (nSPS) is 14.2. The van der Waals surface area contributed by atoms with Gasteiger partial charge in [0.05, 0.1) is 12.6 Å². The summed E-state index contributed by atoms with van der Waals surface area (Å²) < 4.78 is 0. The number of carbonyl (C=O) groups excluding carboxylic acids is 5. The third-order valence-corrected chi connectivity index (χ3v) is 6.81. The highest BCUT2D eigenvalue weighted by molar-refractivity contribution is 5.95. The van der Waals surface area contributed by atoms with Crippen molar-refractivity contribution in [3.63, 3.8) is 0 Å². The highest BCUT2D eigenvalue weighted by Gasteiger charge is 2.32. The van der Waals surface area contributed by atoms with Gasteiger partial charge < -0.3 is 54.0 Å². The molecule has 0 aliphatic heterocycles. The molecule has 17 nitrogen and oxygen atoms in total. The zero-order chi connectivity index (χ0) is 33.7. The first-order valence-electron chi connectivity index (χ1n) is 14.8. The van der Waals surface area contributed by atoms with Gasteiger partial charge in [-0.3, -0.25) is 33.6 Å². The van der Waals surface area contributed by atoms with Gasteiger partial charge in [0.25, 0.3) is 0 Å². The van der Waals surface area contributed by atoms with Gasteiger partial charge in [0.15, 0.2) is 0 Å². The summed E-state index contributed by atoms with van der Waals surface area (Å²) in [5.41, 5.74) is 16.8. The predicted octanol–water partition coefficient (Wildman–Crippen LogP) is -2.75. The number of carbonyl (C=O) groups is 7. The number of hydrogen-bond acceptors (Lipinski definition) is 10. The maximum absolute atomic E-state index is 13.3. The largest absolute Gasteiger partial charge is 0.481 e. The molecule has 0 aliphatic carbocycles. The number of carboxylic acid groups (broad SMARTS) is 2. The molecule has 0 radical (unpaired) electrons. The van der Waals surface area contributed by atoms with Crippen molar-refractivity contribution in [1.82, 2.24) is 26.6 Å². The van der Waals surface area contributed by atoms with Crippen LogP contribution in [0, 0.1) is 5.92 Å². The Hall–Kier alpha value is -3.83. The first kappa shape index (κ1) is 40.2. The van der Waals surface area contributed by atoms with Crippen LogP contribution in [0.5, 0.6) is 0 Å². The molecule has 5 atom stereocenters. The van der Waals surface area contributed by atoms with Crippen LogP contribution in [-0.4, -0.2) is 102 Å². The molecule has 0 aromatic carbocycles. The Morgan fingerprint density at radius 3 is 1.77 bits per heavy atom. The SMILES string of the molecule is CC[C@H](C)[C@H](NC(=O)[C@H](CCCCN)NC(=O)CNC(=O)[C@@H](N)CCCCN)C(=O)N[C@@H](CCC(=O)O)C(=O)NCC(=O)O. The zero-order valence-electron chi connectivity index (χ0n) is 25.6. The minimum Gasteiger partial charge on any atom is -0.481 e. The van der Waals surface area contributed by atoms with Crippen LogP contribution in [0.2, 0.25) is 0 Å². The molecule has 17 heteroatoms. The number of nitrogens with one attached hydrogen (secondary N) is 5. The summed E-state index contributed by atoms with van der Waals surface area (Å²) in [5, 5.41) is 30.0. The van der Waals surface area contributed by atoms with E-state index in [9.17, 15) is 33.6 Å². The molecule has 0 unspecified atom stereocenters. The summed E-state index contributed by atoms with van der Waals surface area (Å²) in [6.45, 7) is 3.08. The molecule has 0 fully saturated rings. The van der Waals surface area contributed by atoms with Gasteiger partial charge in [-0.05, 0) is 57.5 Å². The Morgan fingerprint density at radius 1 is 0.659 bits per heavy atom. The van der Waals surface area contributed by atoms with E-state index in [1.165, 1.54) is 0 Å². The van der Waals surface area contributed by atoms with Gasteiger partial charge in [-0.15, -0.1) is 0 Å². The minimum atomic E-state index is -1.38. The Labute approximate surface area is 257 Å². The number of nitrogens with two attached hydrogens (primary N) is 3. The fourth-order valence-corrected chi connectivity index (χ4v) is 3.98. The van der Waals surface area contributed by atoms with Crippen LogP contribution in [0.25, 0.3) is 0 Å². The molecule has 0 aliphatic rings. The Morgan fingerprint density at radius 2 is 1.23 bits per heavy atom. The molecule has 5 amide bonds. The molecule has 0 aromatic heterocycles. The average molecular weight is 631 g/mol. The Balaban J connectivity index is 5.62. The third kappa shape index (κ3) is 17.3. The van der Waals surface area contributed by atoms with E-state index >= 15 is 0 Å². The quantitative estimate of drug-likeness (QED) is 0.0486. The van der Waals surface area contributed by atoms with Crippen molar-refractivity contribution in [2.45, 2.75) is 95.8 Å². The van der Waals surface area contributed by atoms with Crippen LogP contribution in [-0.2, 0) is 33.6 Å². The molecule has 0 bridgehead atoms. The second kappa shape index (κ2) is 22.7. The lowest BCUT2D eigenvalue weighted by molar-refractivity contribution is -0.140. The van der Waals surface area contributed by atoms with Gasteiger partial charge in [0, 0.05) is 6.42 Å². The van der Waals surface area contributed by atoms with Crippen molar-refractivity contribution in [3.05, 3.63) is 0 Å². The van der Waals surface area contributed by atoms with E-state index in [1.54, 1.807) is 13.8 Å². The van der Waals surface area contributed by atoms with Gasteiger partial charge >= 0.3 is 11.9 Å². The van der Waals surface area contributed by atoms with E-state index in [0.717, 1.165) is 0 Å². The molecule has 13 N–H and O–H groups in total. The summed E-state index contributed by atoms with van der Waals surface area (Å²) in [4.78, 5) is 85.9. The van der Waals surface area contributed by atoms with Crippen LogP contribution in [0.15, 0.2) is 0 Å². The monoisotopic (exact) mass is 630 g/mol. The van der Waals surface area contributed by atoms with Crippen LogP contribution in [0.3, 0.4) is 0 Å². The summed E-state index contributed by atoms with van der Waals surface area (Å²) in [6.07, 6.45) is 2.56. The summed E-state index contributed by atoms with van der Waals surface area (Å²) in [6, 6.07) is -4.48. The molecule has 252 valence electrons. The molecule has 0 saturated heterocycles. The van der Waals surface area contributed by atoms with E-state index in [0.29, 0.717) is 51.6 Å². The Kier molecular flexibility index (Phi) is 20.7. The number of carboxylic acids is 2. The fourth-order valence-electron chi connectivity index (χ4n) is 3.98. The highest BCUT2D eigenvalue weighted by Crippen LogP contribution is 2.11. The van der Waals surface area contributed by atoms with Gasteiger partial charge in [-0.1, -0.05) is 26.7 Å². The fraction of sp³-hybridized carbons (Fsp3) is 0.741. The van der Waals surface area contributed by atoms with E-state index in [-0.39, 0.29) is 12.8 Å². The molecule has 44 heavy (non-hydrogen) atoms. The summed E-state index contributed by atoms with van der Waals surface area (Å²) in [7, 11) is 0. The number of unbranched alkanes of at least 4 members (excludes halogenated alkanes) is 2. The maximum Gasteiger partial charge on any atom is 0.322 e. The average Bonchev–Trinajstić information content (AvgIpc) is 2.98. The number of aliphatic carboxylic acids is 2. The Bertz CT molecular complexity index is 966. The van der Waals surface area contributed by atoms with Crippen molar-refractivity contribution >= 4 is 41.5 Å². The molecule has 0 saturated carbocycles. The van der Waals surface area contributed by atoms with Crippen LogP contribution >= 0.6 is 0 Å². The summed E-state index contributed by atoms with van der Waals surface area (Å²) in [5.74, 6) is -6.60. The van der Waals surface area contributed by atoms with E-state index < -0.39 is 91.1 Å². The van der Waals surface area contributed by atoms with Gasteiger partial charge in [-0.25, -0.2) is 0 Å². The lowest BCUT2D eigenvalue weighted by Gasteiger charge is -2.28. The van der Waals surface area contributed by atoms with Crippen molar-refractivity contribution in [2.24, 2.45) is 23.1 Å². The van der Waals surface area contributed by atoms with Gasteiger partial charge in [0.2, 0.25) is 29.5 Å². The predicted molar refractivity (Wildman–Crippen MR) is 160 cm³/mol. The first-order chi connectivity index (χ1) is 20.8. The van der Waals surface area contributed by atoms with E-state index in [4.69, 9.17) is 27.4 Å². The number of rotatable bonds is 24. The number of hydrogen-bond donors (Lipinski definition) is 10. The minimum absolute atomic E-state index is 0.176. The lowest BCUT2D eigenvalue weighted by atomic mass is 9.96. The smallest absolute Gasteiger partial charge is 0.322 e. The zero-order valence-corrected chi connectivity index (χ0v) is 25.6. The second-order valence-corrected chi connectivity index (χ2v) is 10.5. The highest BCUT2D eigenvalue weighted by atomic mass is 16.4. The van der Waals surface area contributed by atoms with Crippen molar-refractivity contribution in [1.29, 1.82) is 0 Å².